The van der Waals surface area contributed by atoms with Crippen LogP contribution in [-0.4, -0.2) is 10.1 Å². The monoisotopic (exact) mass is 249 g/mol. The zero-order valence-electron chi connectivity index (χ0n) is 9.93. The molecule has 1 aromatic heterocycles. The fourth-order valence-electron chi connectivity index (χ4n) is 1.65. The van der Waals surface area contributed by atoms with Gasteiger partial charge in [0.15, 0.2) is 0 Å². The molecule has 0 unspecified atom stereocenters. The molecule has 0 aliphatic carbocycles. The van der Waals surface area contributed by atoms with Crippen molar-refractivity contribution in [1.82, 2.24) is 4.98 Å². The lowest BCUT2D eigenvalue weighted by molar-refractivity contribution is 0.258. The minimum Gasteiger partial charge on any atom is -0.486 e. The maximum atomic E-state index is 9.25. The molecule has 0 spiro atoms. The van der Waals surface area contributed by atoms with E-state index < -0.39 is 0 Å². The molecule has 2 rings (SSSR count). The summed E-state index contributed by atoms with van der Waals surface area (Å²) in [6.07, 6.45) is 0. The maximum Gasteiger partial charge on any atom is 0.140 e. The number of benzene rings is 1. The van der Waals surface area contributed by atoms with Crippen LogP contribution in [0.3, 0.4) is 0 Å². The van der Waals surface area contributed by atoms with Crippen LogP contribution < -0.4 is 4.74 Å². The van der Waals surface area contributed by atoms with E-state index >= 15 is 0 Å². The Kier molecular flexibility index (Phi) is 3.76. The van der Waals surface area contributed by atoms with Crippen molar-refractivity contribution < 1.29 is 9.84 Å². The Balaban J connectivity index is 2.13. The van der Waals surface area contributed by atoms with Gasteiger partial charge in [0, 0.05) is 16.6 Å². The average Bonchev–Trinajstić information content (AvgIpc) is 2.73. The van der Waals surface area contributed by atoms with E-state index in [-0.39, 0.29) is 6.61 Å². The van der Waals surface area contributed by atoms with Crippen LogP contribution in [0.4, 0.5) is 0 Å². The van der Waals surface area contributed by atoms with Crippen molar-refractivity contribution in [3.05, 3.63) is 45.4 Å². The Morgan fingerprint density at radius 1 is 1.35 bits per heavy atom. The number of rotatable bonds is 4. The molecule has 1 N–H and O–H groups in total. The number of aliphatic hydroxyl groups excluding tert-OH is 1. The van der Waals surface area contributed by atoms with E-state index in [1.165, 1.54) is 0 Å². The van der Waals surface area contributed by atoms with Crippen LogP contribution >= 0.6 is 11.3 Å². The lowest BCUT2D eigenvalue weighted by Gasteiger charge is -2.11. The highest BCUT2D eigenvalue weighted by atomic mass is 32.1. The summed E-state index contributed by atoms with van der Waals surface area (Å²) in [5.41, 5.74) is 2.86. The lowest BCUT2D eigenvalue weighted by atomic mass is 10.1. The molecule has 17 heavy (non-hydrogen) atoms. The van der Waals surface area contributed by atoms with Gasteiger partial charge in [0.05, 0.1) is 6.61 Å². The number of aromatic nitrogens is 1. The molecule has 0 saturated heterocycles. The maximum absolute atomic E-state index is 9.25. The topological polar surface area (TPSA) is 42.4 Å². The van der Waals surface area contributed by atoms with Crippen LogP contribution in [0.5, 0.6) is 5.75 Å². The summed E-state index contributed by atoms with van der Waals surface area (Å²) in [6, 6.07) is 5.76. The third-order valence-electron chi connectivity index (χ3n) is 2.47. The van der Waals surface area contributed by atoms with Crippen LogP contribution in [0.1, 0.15) is 21.8 Å². The number of hydrogen-bond donors (Lipinski definition) is 1. The number of thiazole rings is 1. The van der Waals surface area contributed by atoms with Crippen LogP contribution in [-0.2, 0) is 13.2 Å². The molecule has 0 bridgehead atoms. The quantitative estimate of drug-likeness (QED) is 0.906. The molecule has 0 saturated carbocycles. The third kappa shape index (κ3) is 2.84. The first-order valence-corrected chi connectivity index (χ1v) is 6.32. The van der Waals surface area contributed by atoms with Crippen LogP contribution in [0.2, 0.25) is 0 Å². The van der Waals surface area contributed by atoms with Crippen molar-refractivity contribution in [2.75, 3.05) is 0 Å². The molecule has 0 amide bonds. The average molecular weight is 249 g/mol. The minimum absolute atomic E-state index is 0.00604. The van der Waals surface area contributed by atoms with Crippen molar-refractivity contribution >= 4 is 11.3 Å². The predicted octanol–water partition coefficient (Wildman–Crippen LogP) is 2.83. The van der Waals surface area contributed by atoms with E-state index in [0.717, 1.165) is 27.6 Å². The van der Waals surface area contributed by atoms with Gasteiger partial charge in [0.1, 0.15) is 17.4 Å². The molecular formula is C13H15NO2S. The Hall–Kier alpha value is -1.39. The highest BCUT2D eigenvalue weighted by Gasteiger charge is 2.07. The van der Waals surface area contributed by atoms with Gasteiger partial charge in [0.25, 0.3) is 0 Å². The van der Waals surface area contributed by atoms with Crippen molar-refractivity contribution in [2.45, 2.75) is 27.1 Å². The number of aliphatic hydroxyl groups is 1. The van der Waals surface area contributed by atoms with Crippen LogP contribution in [0.25, 0.3) is 0 Å². The largest absolute Gasteiger partial charge is 0.486 e. The lowest BCUT2D eigenvalue weighted by Crippen LogP contribution is -2.00. The number of para-hydroxylation sites is 1. The number of nitrogens with zero attached hydrogens (tertiary/aromatic N) is 1. The summed E-state index contributed by atoms with van der Waals surface area (Å²) in [5, 5.41) is 12.2. The molecule has 2 aromatic rings. The second kappa shape index (κ2) is 5.29. The first-order valence-electron chi connectivity index (χ1n) is 5.44. The second-order valence-electron chi connectivity index (χ2n) is 3.89. The van der Waals surface area contributed by atoms with Crippen molar-refractivity contribution in [2.24, 2.45) is 0 Å². The van der Waals surface area contributed by atoms with Crippen LogP contribution in [0, 0.1) is 13.8 Å². The molecular weight excluding hydrogens is 234 g/mol. The normalized spacial score (nSPS) is 10.5. The van der Waals surface area contributed by atoms with Gasteiger partial charge in [-0.15, -0.1) is 11.3 Å². The summed E-state index contributed by atoms with van der Waals surface area (Å²) in [6.45, 7) is 4.39. The van der Waals surface area contributed by atoms with Crippen molar-refractivity contribution in [3.63, 3.8) is 0 Å². The summed E-state index contributed by atoms with van der Waals surface area (Å²) in [4.78, 5) is 4.34. The third-order valence-corrected chi connectivity index (χ3v) is 3.41. The minimum atomic E-state index is -0.00604. The van der Waals surface area contributed by atoms with E-state index in [1.807, 2.05) is 37.4 Å². The highest BCUT2D eigenvalue weighted by molar-refractivity contribution is 7.09. The Morgan fingerprint density at radius 2 is 2.18 bits per heavy atom. The van der Waals surface area contributed by atoms with Gasteiger partial charge in [-0.3, -0.25) is 0 Å². The van der Waals surface area contributed by atoms with E-state index in [0.29, 0.717) is 6.61 Å². The van der Waals surface area contributed by atoms with E-state index in [4.69, 9.17) is 4.74 Å². The van der Waals surface area contributed by atoms with Gasteiger partial charge < -0.3 is 9.84 Å². The summed E-state index contributed by atoms with van der Waals surface area (Å²) >= 11 is 1.59. The van der Waals surface area contributed by atoms with Gasteiger partial charge in [-0.05, 0) is 19.4 Å². The van der Waals surface area contributed by atoms with Gasteiger partial charge in [-0.2, -0.15) is 0 Å². The number of aryl methyl sites for hydroxylation is 2. The fourth-order valence-corrected chi connectivity index (χ4v) is 2.33. The van der Waals surface area contributed by atoms with Gasteiger partial charge in [-0.25, -0.2) is 4.98 Å². The van der Waals surface area contributed by atoms with Gasteiger partial charge in [-0.1, -0.05) is 18.2 Å². The SMILES string of the molecule is Cc1csc(COc2c(C)cccc2CO)n1. The van der Waals surface area contributed by atoms with Gasteiger partial charge in [0.2, 0.25) is 0 Å². The number of ether oxygens (including phenoxy) is 1. The highest BCUT2D eigenvalue weighted by Crippen LogP contribution is 2.24. The van der Waals surface area contributed by atoms with Gasteiger partial charge >= 0.3 is 0 Å². The summed E-state index contributed by atoms with van der Waals surface area (Å²) < 4.78 is 5.75. The molecule has 1 aromatic carbocycles. The van der Waals surface area contributed by atoms with E-state index in [9.17, 15) is 5.11 Å². The first kappa shape index (κ1) is 12.1. The standard InChI is InChI=1S/C13H15NO2S/c1-9-4-3-5-11(6-15)13(9)16-7-12-14-10(2)8-17-12/h3-5,8,15H,6-7H2,1-2H3. The molecule has 3 nitrogen and oxygen atoms in total. The molecule has 0 aliphatic heterocycles. The molecule has 0 atom stereocenters. The van der Waals surface area contributed by atoms with E-state index in [1.54, 1.807) is 11.3 Å². The second-order valence-corrected chi connectivity index (χ2v) is 4.84. The van der Waals surface area contributed by atoms with Crippen molar-refractivity contribution in [1.29, 1.82) is 0 Å². The molecule has 0 aliphatic rings. The Morgan fingerprint density at radius 3 is 2.82 bits per heavy atom. The molecule has 4 heteroatoms. The van der Waals surface area contributed by atoms with Crippen LogP contribution in [0.15, 0.2) is 23.6 Å². The smallest absolute Gasteiger partial charge is 0.140 e. The number of hydrogen-bond acceptors (Lipinski definition) is 4. The molecule has 1 heterocycles. The van der Waals surface area contributed by atoms with Crippen molar-refractivity contribution in [3.8, 4) is 5.75 Å². The summed E-state index contributed by atoms with van der Waals surface area (Å²) in [7, 11) is 0. The zero-order valence-corrected chi connectivity index (χ0v) is 10.8. The predicted molar refractivity (Wildman–Crippen MR) is 68.3 cm³/mol. The fraction of sp³-hybridized carbons (Fsp3) is 0.308. The molecule has 90 valence electrons. The summed E-state index contributed by atoms with van der Waals surface area (Å²) in [5.74, 6) is 0.767. The molecule has 0 radical (unpaired) electrons. The molecule has 0 fully saturated rings. The van der Waals surface area contributed by atoms with E-state index in [2.05, 4.69) is 4.98 Å². The first-order chi connectivity index (χ1) is 8.20. The Bertz CT molecular complexity index is 508. The zero-order chi connectivity index (χ0) is 12.3. The Labute approximate surface area is 105 Å².